The summed E-state index contributed by atoms with van der Waals surface area (Å²) < 4.78 is 11.0. The van der Waals surface area contributed by atoms with Crippen LogP contribution in [0, 0.1) is 0 Å². The maximum absolute atomic E-state index is 12.7. The van der Waals surface area contributed by atoms with Crippen molar-refractivity contribution in [2.75, 3.05) is 12.4 Å². The zero-order valence-electron chi connectivity index (χ0n) is 14.7. The number of para-hydroxylation sites is 1. The number of anilines is 1. The Morgan fingerprint density at radius 1 is 0.889 bits per heavy atom. The molecule has 1 heterocycles. The Balaban J connectivity index is 1.50. The quantitative estimate of drug-likeness (QED) is 0.514. The fourth-order valence-electron chi connectivity index (χ4n) is 2.84. The van der Waals surface area contributed by atoms with E-state index >= 15 is 0 Å². The molecule has 27 heavy (non-hydrogen) atoms. The summed E-state index contributed by atoms with van der Waals surface area (Å²) in [5.74, 6) is 1.99. The van der Waals surface area contributed by atoms with Crippen molar-refractivity contribution in [3.8, 4) is 17.2 Å². The van der Waals surface area contributed by atoms with Gasteiger partial charge in [-0.1, -0.05) is 18.2 Å². The summed E-state index contributed by atoms with van der Waals surface area (Å²) in [7, 11) is 1.60. The van der Waals surface area contributed by atoms with Crippen molar-refractivity contribution < 1.29 is 14.3 Å². The molecule has 4 aromatic rings. The SMILES string of the molecule is COc1ccc2[nH]cc(C(=O)Nc3ccc(Oc4ccccc4)cc3)c2c1. The van der Waals surface area contributed by atoms with Gasteiger partial charge in [-0.3, -0.25) is 4.79 Å². The number of ether oxygens (including phenoxy) is 2. The molecule has 0 bridgehead atoms. The van der Waals surface area contributed by atoms with E-state index < -0.39 is 0 Å². The number of methoxy groups -OCH3 is 1. The fourth-order valence-corrected chi connectivity index (χ4v) is 2.84. The van der Waals surface area contributed by atoms with Crippen LogP contribution < -0.4 is 14.8 Å². The predicted octanol–water partition coefficient (Wildman–Crippen LogP) is 5.22. The van der Waals surface area contributed by atoms with E-state index in [4.69, 9.17) is 9.47 Å². The average Bonchev–Trinajstić information content (AvgIpc) is 3.13. The summed E-state index contributed by atoms with van der Waals surface area (Å²) >= 11 is 0. The number of rotatable bonds is 5. The van der Waals surface area contributed by atoms with Crippen LogP contribution in [0.3, 0.4) is 0 Å². The predicted molar refractivity (Wildman–Crippen MR) is 106 cm³/mol. The molecule has 134 valence electrons. The molecule has 2 N–H and O–H groups in total. The Hall–Kier alpha value is -3.73. The first-order chi connectivity index (χ1) is 13.2. The van der Waals surface area contributed by atoms with E-state index in [0.717, 1.165) is 16.7 Å². The highest BCUT2D eigenvalue weighted by atomic mass is 16.5. The number of benzene rings is 3. The van der Waals surface area contributed by atoms with Crippen molar-refractivity contribution in [3.05, 3.63) is 84.6 Å². The van der Waals surface area contributed by atoms with Gasteiger partial charge in [0.25, 0.3) is 5.91 Å². The van der Waals surface area contributed by atoms with Crippen LogP contribution in [0.1, 0.15) is 10.4 Å². The third-order valence-corrected chi connectivity index (χ3v) is 4.22. The van der Waals surface area contributed by atoms with Crippen molar-refractivity contribution in [3.63, 3.8) is 0 Å². The maximum atomic E-state index is 12.7. The number of H-pyrrole nitrogens is 1. The number of hydrogen-bond acceptors (Lipinski definition) is 3. The third-order valence-electron chi connectivity index (χ3n) is 4.22. The van der Waals surface area contributed by atoms with Crippen LogP contribution in [0.4, 0.5) is 5.69 Å². The molecule has 0 aliphatic rings. The number of nitrogens with one attached hydrogen (secondary N) is 2. The Kier molecular flexibility index (Phi) is 4.49. The zero-order valence-corrected chi connectivity index (χ0v) is 14.7. The van der Waals surface area contributed by atoms with E-state index in [0.29, 0.717) is 22.7 Å². The number of amides is 1. The van der Waals surface area contributed by atoms with Gasteiger partial charge in [0.1, 0.15) is 17.2 Å². The van der Waals surface area contributed by atoms with E-state index in [2.05, 4.69) is 10.3 Å². The molecule has 5 nitrogen and oxygen atoms in total. The first-order valence-corrected chi connectivity index (χ1v) is 8.52. The highest BCUT2D eigenvalue weighted by Crippen LogP contribution is 2.26. The van der Waals surface area contributed by atoms with Gasteiger partial charge in [0.2, 0.25) is 0 Å². The lowest BCUT2D eigenvalue weighted by Gasteiger charge is -2.08. The van der Waals surface area contributed by atoms with Crippen LogP contribution in [0.25, 0.3) is 10.9 Å². The van der Waals surface area contributed by atoms with Gasteiger partial charge in [-0.05, 0) is 54.6 Å². The minimum absolute atomic E-state index is 0.189. The van der Waals surface area contributed by atoms with Crippen molar-refractivity contribution >= 4 is 22.5 Å². The highest BCUT2D eigenvalue weighted by Gasteiger charge is 2.13. The summed E-state index contributed by atoms with van der Waals surface area (Å²) in [6.45, 7) is 0. The van der Waals surface area contributed by atoms with Crippen LogP contribution in [0.5, 0.6) is 17.2 Å². The van der Waals surface area contributed by atoms with Crippen molar-refractivity contribution in [2.45, 2.75) is 0 Å². The van der Waals surface area contributed by atoms with Gasteiger partial charge >= 0.3 is 0 Å². The molecule has 0 saturated heterocycles. The van der Waals surface area contributed by atoms with Crippen molar-refractivity contribution in [2.24, 2.45) is 0 Å². The molecule has 4 rings (SSSR count). The van der Waals surface area contributed by atoms with Gasteiger partial charge in [0.15, 0.2) is 0 Å². The van der Waals surface area contributed by atoms with Crippen LogP contribution in [0.2, 0.25) is 0 Å². The van der Waals surface area contributed by atoms with Crippen molar-refractivity contribution in [1.29, 1.82) is 0 Å². The smallest absolute Gasteiger partial charge is 0.257 e. The Labute approximate surface area is 156 Å². The molecule has 0 aliphatic carbocycles. The van der Waals surface area contributed by atoms with Gasteiger partial charge in [-0.25, -0.2) is 0 Å². The van der Waals surface area contributed by atoms with E-state index in [1.54, 1.807) is 13.3 Å². The first kappa shape index (κ1) is 16.7. The van der Waals surface area contributed by atoms with E-state index in [1.165, 1.54) is 0 Å². The molecular formula is C22H18N2O3. The third kappa shape index (κ3) is 3.62. The number of aromatic amines is 1. The average molecular weight is 358 g/mol. The number of carbonyl (C=O) groups excluding carboxylic acids is 1. The van der Waals surface area contributed by atoms with Gasteiger partial charge in [-0.15, -0.1) is 0 Å². The Bertz CT molecular complexity index is 1070. The standard InChI is InChI=1S/C22H18N2O3/c1-26-18-11-12-21-19(13-18)20(14-23-21)22(25)24-15-7-9-17(10-8-15)27-16-5-3-2-4-6-16/h2-14,23H,1H3,(H,24,25). The largest absolute Gasteiger partial charge is 0.497 e. The zero-order chi connectivity index (χ0) is 18.6. The summed E-state index contributed by atoms with van der Waals surface area (Å²) in [4.78, 5) is 15.8. The van der Waals surface area contributed by atoms with Crippen LogP contribution in [0.15, 0.2) is 79.0 Å². The van der Waals surface area contributed by atoms with Gasteiger partial charge in [0.05, 0.1) is 12.7 Å². The minimum Gasteiger partial charge on any atom is -0.497 e. The van der Waals surface area contributed by atoms with Gasteiger partial charge < -0.3 is 19.8 Å². The lowest BCUT2D eigenvalue weighted by atomic mass is 10.1. The Morgan fingerprint density at radius 3 is 2.33 bits per heavy atom. The lowest BCUT2D eigenvalue weighted by Crippen LogP contribution is -2.11. The molecule has 1 aromatic heterocycles. The topological polar surface area (TPSA) is 63.4 Å². The molecule has 5 heteroatoms. The maximum Gasteiger partial charge on any atom is 0.257 e. The normalized spacial score (nSPS) is 10.6. The minimum atomic E-state index is -0.189. The van der Waals surface area contributed by atoms with Gasteiger partial charge in [0, 0.05) is 22.8 Å². The van der Waals surface area contributed by atoms with Crippen molar-refractivity contribution in [1.82, 2.24) is 4.98 Å². The second kappa shape index (κ2) is 7.25. The number of hydrogen-bond donors (Lipinski definition) is 2. The number of aromatic nitrogens is 1. The molecule has 0 unspecified atom stereocenters. The molecule has 0 radical (unpaired) electrons. The second-order valence-electron chi connectivity index (χ2n) is 6.01. The molecule has 0 spiro atoms. The van der Waals surface area contributed by atoms with E-state index in [-0.39, 0.29) is 5.91 Å². The van der Waals surface area contributed by atoms with E-state index in [9.17, 15) is 4.79 Å². The van der Waals surface area contributed by atoms with Crippen LogP contribution in [-0.2, 0) is 0 Å². The van der Waals surface area contributed by atoms with Crippen LogP contribution in [-0.4, -0.2) is 18.0 Å². The van der Waals surface area contributed by atoms with Gasteiger partial charge in [-0.2, -0.15) is 0 Å². The second-order valence-corrected chi connectivity index (χ2v) is 6.01. The molecule has 0 saturated carbocycles. The lowest BCUT2D eigenvalue weighted by molar-refractivity contribution is 0.102. The molecule has 1 amide bonds. The summed E-state index contributed by atoms with van der Waals surface area (Å²) in [6.07, 6.45) is 1.70. The molecule has 0 atom stereocenters. The molecular weight excluding hydrogens is 340 g/mol. The van der Waals surface area contributed by atoms with E-state index in [1.807, 2.05) is 72.8 Å². The first-order valence-electron chi connectivity index (χ1n) is 8.52. The Morgan fingerprint density at radius 2 is 1.59 bits per heavy atom. The summed E-state index contributed by atoms with van der Waals surface area (Å²) in [5.41, 5.74) is 2.14. The molecule has 0 fully saturated rings. The number of carbonyl (C=O) groups is 1. The monoisotopic (exact) mass is 358 g/mol. The molecule has 3 aromatic carbocycles. The highest BCUT2D eigenvalue weighted by molar-refractivity contribution is 6.13. The fraction of sp³-hybridized carbons (Fsp3) is 0.0455. The summed E-state index contributed by atoms with van der Waals surface area (Å²) in [6, 6.07) is 22.4. The number of fused-ring (bicyclic) bond motifs is 1. The van der Waals surface area contributed by atoms with Crippen LogP contribution >= 0.6 is 0 Å². The molecule has 0 aliphatic heterocycles. The summed E-state index contributed by atoms with van der Waals surface area (Å²) in [5, 5.41) is 3.73.